The lowest BCUT2D eigenvalue weighted by Crippen LogP contribution is -2.36. The molecular weight excluding hydrogens is 786 g/mol. The molecule has 0 unspecified atom stereocenters. The molecule has 0 aromatic heterocycles. The van der Waals surface area contributed by atoms with Crippen LogP contribution in [0.5, 0.6) is 17.2 Å². The number of halogens is 10. The number of alkyl halides is 10. The van der Waals surface area contributed by atoms with Gasteiger partial charge in [0.2, 0.25) is 0 Å². The summed E-state index contributed by atoms with van der Waals surface area (Å²) in [6.07, 6.45) is -14.5. The zero-order valence-corrected chi connectivity index (χ0v) is 28.3. The minimum Gasteiger partial charge on any atom is -0.490 e. The molecule has 22 heteroatoms. The molecule has 56 heavy (non-hydrogen) atoms. The van der Waals surface area contributed by atoms with Crippen molar-refractivity contribution in [2.24, 2.45) is 0 Å². The summed E-state index contributed by atoms with van der Waals surface area (Å²) in [5.41, 5.74) is -0.808. The highest BCUT2D eigenvalue weighted by Gasteiger charge is 2.57. The molecule has 0 aliphatic rings. The summed E-state index contributed by atoms with van der Waals surface area (Å²) in [4.78, 5) is 45.5. The number of nitro groups is 2. The highest BCUT2D eigenvalue weighted by Crippen LogP contribution is 2.40. The number of nitro benzene ring substituents is 2. The first kappa shape index (κ1) is 44.4. The Morgan fingerprint density at radius 3 is 1.79 bits per heavy atom. The van der Waals surface area contributed by atoms with E-state index in [-0.39, 0.29) is 35.7 Å². The zero-order valence-electron chi connectivity index (χ0n) is 28.3. The average Bonchev–Trinajstić information content (AvgIpc) is 3.10. The van der Waals surface area contributed by atoms with Gasteiger partial charge in [-0.15, -0.1) is 0 Å². The van der Waals surface area contributed by atoms with E-state index in [9.17, 15) is 73.7 Å². The van der Waals surface area contributed by atoms with Gasteiger partial charge in [-0.25, -0.2) is 9.59 Å². The van der Waals surface area contributed by atoms with Gasteiger partial charge in [-0.2, -0.15) is 43.9 Å². The molecule has 0 radical (unpaired) electrons. The van der Waals surface area contributed by atoms with Crippen LogP contribution in [0.4, 0.5) is 55.3 Å². The second kappa shape index (κ2) is 18.6. The smallest absolute Gasteiger partial charge is 0.453 e. The molecule has 0 aliphatic carbocycles. The van der Waals surface area contributed by atoms with Crippen LogP contribution < -0.4 is 14.2 Å². The van der Waals surface area contributed by atoms with Gasteiger partial charge in [0.05, 0.1) is 41.3 Å². The van der Waals surface area contributed by atoms with Crippen molar-refractivity contribution in [2.75, 3.05) is 19.8 Å². The van der Waals surface area contributed by atoms with E-state index < -0.39 is 102 Å². The number of rotatable bonds is 19. The zero-order chi connectivity index (χ0) is 41.9. The minimum atomic E-state index is -5.83. The first-order valence-corrected chi connectivity index (χ1v) is 15.9. The fraction of sp³-hybridized carbons (Fsp3) is 0.353. The number of carbonyl (C=O) groups is 2. The van der Waals surface area contributed by atoms with Gasteiger partial charge < -0.3 is 18.9 Å². The molecular formula is C34H28F10N2O10. The van der Waals surface area contributed by atoms with E-state index in [0.717, 1.165) is 36.4 Å². The molecule has 0 aliphatic heterocycles. The van der Waals surface area contributed by atoms with Crippen LogP contribution in [0.1, 0.15) is 47.2 Å². The molecule has 3 rings (SSSR count). The van der Waals surface area contributed by atoms with Gasteiger partial charge in [-0.05, 0) is 60.9 Å². The maximum atomic E-state index is 13.3. The van der Waals surface area contributed by atoms with Crippen LogP contribution in [0.2, 0.25) is 0 Å². The van der Waals surface area contributed by atoms with Crippen molar-refractivity contribution in [3.05, 3.63) is 104 Å². The van der Waals surface area contributed by atoms with Crippen LogP contribution in [-0.2, 0) is 16.0 Å². The number of non-ortho nitro benzene ring substituents is 1. The SMILES string of the molecule is O=C(C=Cc1ccc(OC(=O)c2ccc(OCCCC(F)(F)C(F)(F)F)c(OCCCC(F)(F)C(F)(F)F)c2)cc1)OCCc1ccc([N+](=O)[O-])cc1[N+](=O)[O-]. The van der Waals surface area contributed by atoms with Gasteiger partial charge in [0.25, 0.3) is 11.4 Å². The third-order valence-corrected chi connectivity index (χ3v) is 7.39. The van der Waals surface area contributed by atoms with Gasteiger partial charge in [-0.3, -0.25) is 20.2 Å². The molecule has 0 fully saturated rings. The number of hydrogen-bond donors (Lipinski definition) is 0. The van der Waals surface area contributed by atoms with Gasteiger partial charge in [0.1, 0.15) is 5.75 Å². The van der Waals surface area contributed by atoms with Crippen molar-refractivity contribution in [1.29, 1.82) is 0 Å². The molecule has 304 valence electrons. The molecule has 0 N–H and O–H groups in total. The van der Waals surface area contributed by atoms with Crippen molar-refractivity contribution < 1.29 is 82.3 Å². The van der Waals surface area contributed by atoms with E-state index in [1.807, 2.05) is 0 Å². The molecule has 3 aromatic carbocycles. The van der Waals surface area contributed by atoms with Crippen LogP contribution in [0.25, 0.3) is 6.08 Å². The van der Waals surface area contributed by atoms with Gasteiger partial charge in [0.15, 0.2) is 11.5 Å². The van der Waals surface area contributed by atoms with Crippen molar-refractivity contribution in [1.82, 2.24) is 0 Å². The Hall–Kier alpha value is -5.96. The van der Waals surface area contributed by atoms with E-state index in [2.05, 4.69) is 0 Å². The Bertz CT molecular complexity index is 1900. The van der Waals surface area contributed by atoms with Crippen molar-refractivity contribution in [3.63, 3.8) is 0 Å². The van der Waals surface area contributed by atoms with Gasteiger partial charge in [0, 0.05) is 37.0 Å². The summed E-state index contributed by atoms with van der Waals surface area (Å²) in [6.45, 7) is -1.81. The Balaban J connectivity index is 1.62. The Labute approximate surface area is 308 Å². The molecule has 0 heterocycles. The van der Waals surface area contributed by atoms with Gasteiger partial charge >= 0.3 is 36.1 Å². The normalized spacial score (nSPS) is 12.3. The van der Waals surface area contributed by atoms with Gasteiger partial charge in [-0.1, -0.05) is 12.1 Å². The topological polar surface area (TPSA) is 157 Å². The average molecular weight is 815 g/mol. The lowest BCUT2D eigenvalue weighted by atomic mass is 10.1. The van der Waals surface area contributed by atoms with E-state index in [1.165, 1.54) is 36.4 Å². The highest BCUT2D eigenvalue weighted by atomic mass is 19.4. The Morgan fingerprint density at radius 1 is 0.679 bits per heavy atom. The van der Waals surface area contributed by atoms with E-state index >= 15 is 0 Å². The molecule has 0 saturated heterocycles. The van der Waals surface area contributed by atoms with E-state index in [0.29, 0.717) is 5.56 Å². The summed E-state index contributed by atoms with van der Waals surface area (Å²) in [6, 6.07) is 11.4. The first-order chi connectivity index (χ1) is 26.0. The fourth-order valence-corrected chi connectivity index (χ4v) is 4.44. The van der Waals surface area contributed by atoms with Crippen molar-refractivity contribution >= 4 is 29.4 Å². The Morgan fingerprint density at radius 2 is 1.25 bits per heavy atom. The van der Waals surface area contributed by atoms with Crippen LogP contribution in [0, 0.1) is 20.2 Å². The highest BCUT2D eigenvalue weighted by molar-refractivity contribution is 5.92. The summed E-state index contributed by atoms with van der Waals surface area (Å²) < 4.78 is 149. The maximum Gasteiger partial charge on any atom is 0.453 e. The lowest BCUT2D eigenvalue weighted by molar-refractivity contribution is -0.394. The first-order valence-electron chi connectivity index (χ1n) is 15.9. The Kier molecular flexibility index (Phi) is 14.7. The number of esters is 2. The van der Waals surface area contributed by atoms with Crippen LogP contribution in [0.15, 0.2) is 66.7 Å². The van der Waals surface area contributed by atoms with E-state index in [1.54, 1.807) is 0 Å². The molecule has 0 bridgehead atoms. The lowest BCUT2D eigenvalue weighted by Gasteiger charge is -2.20. The fourth-order valence-electron chi connectivity index (χ4n) is 4.44. The molecule has 0 spiro atoms. The summed E-state index contributed by atoms with van der Waals surface area (Å²) >= 11 is 0. The largest absolute Gasteiger partial charge is 0.490 e. The van der Waals surface area contributed by atoms with E-state index in [4.69, 9.17) is 18.9 Å². The standard InChI is InChI=1S/C34H28F10N2O10/c35-31(36,33(39,40)41)14-1-16-53-27-11-7-23(19-28(27)54-17-2-15-32(37,38)34(42,43)44)30(48)56-25-9-3-21(4-10-25)5-12-29(47)55-18-13-22-6-8-24(45(49)50)20-26(22)46(51)52/h3-12,19-20H,1-2,13-18H2. The molecule has 12 nitrogen and oxygen atoms in total. The van der Waals surface area contributed by atoms with Crippen LogP contribution in [0.3, 0.4) is 0 Å². The second-order valence-corrected chi connectivity index (χ2v) is 11.5. The number of ether oxygens (including phenoxy) is 4. The minimum absolute atomic E-state index is 0.0535. The van der Waals surface area contributed by atoms with Crippen LogP contribution >= 0.6 is 0 Å². The summed E-state index contributed by atoms with van der Waals surface area (Å²) in [5.74, 6) is -12.8. The number of nitrogens with zero attached hydrogens (tertiary/aromatic N) is 2. The predicted octanol–water partition coefficient (Wildman–Crippen LogP) is 9.23. The number of carbonyl (C=O) groups excluding carboxylic acids is 2. The van der Waals surface area contributed by atoms with Crippen molar-refractivity contribution in [2.45, 2.75) is 56.3 Å². The van der Waals surface area contributed by atoms with Crippen LogP contribution in [-0.4, -0.2) is 65.8 Å². The number of hydrogen-bond acceptors (Lipinski definition) is 10. The molecule has 0 amide bonds. The maximum absolute atomic E-state index is 13.3. The quantitative estimate of drug-likeness (QED) is 0.0217. The predicted molar refractivity (Wildman–Crippen MR) is 173 cm³/mol. The molecule has 0 atom stereocenters. The third-order valence-electron chi connectivity index (χ3n) is 7.39. The number of benzene rings is 3. The monoisotopic (exact) mass is 814 g/mol. The van der Waals surface area contributed by atoms with Crippen molar-refractivity contribution in [3.8, 4) is 17.2 Å². The molecule has 3 aromatic rings. The summed E-state index contributed by atoms with van der Waals surface area (Å²) in [5, 5.41) is 22.1. The second-order valence-electron chi connectivity index (χ2n) is 11.5. The molecule has 0 saturated carbocycles. The summed E-state index contributed by atoms with van der Waals surface area (Å²) in [7, 11) is 0. The third kappa shape index (κ3) is 12.8.